The van der Waals surface area contributed by atoms with Crippen molar-refractivity contribution in [2.75, 3.05) is 0 Å². The molecule has 0 aliphatic carbocycles. The second-order valence-electron chi connectivity index (χ2n) is 9.26. The van der Waals surface area contributed by atoms with E-state index >= 15 is 0 Å². The van der Waals surface area contributed by atoms with Gasteiger partial charge in [-0.2, -0.15) is 0 Å². The number of carboxylic acids is 4. The zero-order valence-electron chi connectivity index (χ0n) is 21.7. The van der Waals surface area contributed by atoms with Crippen LogP contribution in [-0.4, -0.2) is 44.3 Å². The van der Waals surface area contributed by atoms with Crippen LogP contribution in [0.25, 0.3) is 21.5 Å². The number of aromatic carboxylic acids is 4. The summed E-state index contributed by atoms with van der Waals surface area (Å²) in [6.07, 6.45) is 0. The lowest BCUT2D eigenvalue weighted by Crippen LogP contribution is -2.09. The Kier molecular flexibility index (Phi) is 7.44. The fourth-order valence-electron chi connectivity index (χ4n) is 4.88. The zero-order valence-corrected chi connectivity index (χ0v) is 21.7. The molecule has 0 unspecified atom stereocenters. The van der Waals surface area contributed by atoms with Gasteiger partial charge in [-0.15, -0.1) is 0 Å². The summed E-state index contributed by atoms with van der Waals surface area (Å²) < 4.78 is 12.0. The number of ether oxygens (including phenoxy) is 2. The van der Waals surface area contributed by atoms with Crippen molar-refractivity contribution in [3.8, 4) is 11.5 Å². The van der Waals surface area contributed by atoms with Crippen molar-refractivity contribution in [2.24, 2.45) is 0 Å². The summed E-state index contributed by atoms with van der Waals surface area (Å²) in [6.45, 7) is 0.0958. The fourth-order valence-corrected chi connectivity index (χ4v) is 4.88. The van der Waals surface area contributed by atoms with Crippen molar-refractivity contribution in [2.45, 2.75) is 13.2 Å². The van der Waals surface area contributed by atoms with Crippen LogP contribution in [0.3, 0.4) is 0 Å². The zero-order chi connectivity index (χ0) is 30.0. The first-order valence-electron chi connectivity index (χ1n) is 12.5. The molecule has 0 saturated heterocycles. The van der Waals surface area contributed by atoms with Gasteiger partial charge in [0.1, 0.15) is 24.7 Å². The SMILES string of the molecule is O=C(O)c1ccc(OCc2c3ccccc3c(COc3ccc(C(=O)O)c(C(=O)O)c3)c3ccccc23)cc1C(=O)O. The summed E-state index contributed by atoms with van der Waals surface area (Å²) in [5.74, 6) is -5.09. The Bertz CT molecular complexity index is 1710. The molecule has 5 aromatic rings. The third-order valence-corrected chi connectivity index (χ3v) is 6.82. The number of carboxylic acid groups (broad SMARTS) is 4. The van der Waals surface area contributed by atoms with Crippen molar-refractivity contribution in [1.82, 2.24) is 0 Å². The van der Waals surface area contributed by atoms with E-state index in [1.807, 2.05) is 48.5 Å². The molecule has 0 aliphatic rings. The van der Waals surface area contributed by atoms with Crippen molar-refractivity contribution in [3.05, 3.63) is 118 Å². The predicted octanol–water partition coefficient (Wildman–Crippen LogP) is 5.94. The number of fused-ring (bicyclic) bond motifs is 2. The molecule has 5 rings (SSSR count). The quantitative estimate of drug-likeness (QED) is 0.148. The monoisotopic (exact) mass is 566 g/mol. The number of rotatable bonds is 10. The highest BCUT2D eigenvalue weighted by Gasteiger charge is 2.20. The van der Waals surface area contributed by atoms with Gasteiger partial charge >= 0.3 is 23.9 Å². The Morgan fingerprint density at radius 1 is 0.452 bits per heavy atom. The minimum atomic E-state index is -1.38. The molecule has 0 bridgehead atoms. The lowest BCUT2D eigenvalue weighted by Gasteiger charge is -2.18. The van der Waals surface area contributed by atoms with Gasteiger partial charge < -0.3 is 29.9 Å². The molecule has 0 saturated carbocycles. The number of benzene rings is 5. The Morgan fingerprint density at radius 3 is 1.05 bits per heavy atom. The van der Waals surface area contributed by atoms with Gasteiger partial charge in [0.2, 0.25) is 0 Å². The molecule has 10 nitrogen and oxygen atoms in total. The van der Waals surface area contributed by atoms with Crippen LogP contribution in [0.2, 0.25) is 0 Å². The summed E-state index contributed by atoms with van der Waals surface area (Å²) in [4.78, 5) is 46.1. The topological polar surface area (TPSA) is 168 Å². The van der Waals surface area contributed by atoms with E-state index in [-0.39, 0.29) is 47.0 Å². The second kappa shape index (κ2) is 11.3. The van der Waals surface area contributed by atoms with E-state index in [1.165, 1.54) is 36.4 Å². The molecule has 0 radical (unpaired) electrons. The van der Waals surface area contributed by atoms with Gasteiger partial charge in [-0.25, -0.2) is 19.2 Å². The van der Waals surface area contributed by atoms with Crippen molar-refractivity contribution in [1.29, 1.82) is 0 Å². The third kappa shape index (κ3) is 5.28. The number of hydrogen-bond donors (Lipinski definition) is 4. The van der Waals surface area contributed by atoms with Crippen molar-refractivity contribution < 1.29 is 49.1 Å². The minimum Gasteiger partial charge on any atom is -0.489 e. The first kappa shape index (κ1) is 27.7. The van der Waals surface area contributed by atoms with E-state index in [4.69, 9.17) is 9.47 Å². The van der Waals surface area contributed by atoms with E-state index in [0.717, 1.165) is 32.7 Å². The predicted molar refractivity (Wildman–Crippen MR) is 151 cm³/mol. The van der Waals surface area contributed by atoms with Crippen LogP contribution < -0.4 is 9.47 Å². The Morgan fingerprint density at radius 2 is 0.762 bits per heavy atom. The van der Waals surface area contributed by atoms with Gasteiger partial charge in [0.05, 0.1) is 22.3 Å². The van der Waals surface area contributed by atoms with Gasteiger partial charge in [0.15, 0.2) is 0 Å². The smallest absolute Gasteiger partial charge is 0.336 e. The first-order chi connectivity index (χ1) is 20.2. The van der Waals surface area contributed by atoms with E-state index < -0.39 is 23.9 Å². The molecule has 0 heterocycles. The lowest BCUT2D eigenvalue weighted by atomic mass is 9.92. The van der Waals surface area contributed by atoms with E-state index in [0.29, 0.717) is 0 Å². The molecule has 0 aliphatic heterocycles. The third-order valence-electron chi connectivity index (χ3n) is 6.82. The van der Waals surface area contributed by atoms with Crippen LogP contribution >= 0.6 is 0 Å². The van der Waals surface area contributed by atoms with Gasteiger partial charge in [0.25, 0.3) is 0 Å². The van der Waals surface area contributed by atoms with Gasteiger partial charge in [-0.05, 0) is 57.9 Å². The lowest BCUT2D eigenvalue weighted by molar-refractivity contribution is 0.0651. The van der Waals surface area contributed by atoms with Crippen LogP contribution in [0, 0.1) is 0 Å². The molecule has 4 N–H and O–H groups in total. The second-order valence-corrected chi connectivity index (χ2v) is 9.26. The van der Waals surface area contributed by atoms with Crippen molar-refractivity contribution >= 4 is 45.4 Å². The molecular formula is C32H22O10. The number of carbonyl (C=O) groups is 4. The Labute approximate surface area is 237 Å². The van der Waals surface area contributed by atoms with Gasteiger partial charge in [-0.3, -0.25) is 0 Å². The fraction of sp³-hybridized carbons (Fsp3) is 0.0625. The van der Waals surface area contributed by atoms with E-state index in [9.17, 15) is 39.6 Å². The molecule has 5 aromatic carbocycles. The largest absolute Gasteiger partial charge is 0.489 e. The van der Waals surface area contributed by atoms with Crippen LogP contribution in [0.5, 0.6) is 11.5 Å². The first-order valence-corrected chi connectivity index (χ1v) is 12.5. The molecule has 42 heavy (non-hydrogen) atoms. The standard InChI is InChI=1S/C32H22O10/c33-29(34)23-11-9-17(13-25(23)31(37)38)41-15-27-19-5-1-2-6-20(19)28(22-8-4-3-7-21(22)27)16-42-18-10-12-24(30(35)36)26(14-18)32(39)40/h1-14H,15-16H2,(H,33,34)(H,35,36)(H,37,38)(H,39,40). The average Bonchev–Trinajstić information content (AvgIpc) is 2.98. The molecule has 0 amide bonds. The number of hydrogen-bond acceptors (Lipinski definition) is 6. The van der Waals surface area contributed by atoms with E-state index in [1.54, 1.807) is 0 Å². The van der Waals surface area contributed by atoms with Crippen LogP contribution in [0.15, 0.2) is 84.9 Å². The molecule has 0 aromatic heterocycles. The highest BCUT2D eigenvalue weighted by molar-refractivity contribution is 6.06. The highest BCUT2D eigenvalue weighted by Crippen LogP contribution is 2.35. The Hall–Kier alpha value is -5.90. The maximum Gasteiger partial charge on any atom is 0.336 e. The summed E-state index contributed by atoms with van der Waals surface area (Å²) in [5.41, 5.74) is 0.159. The van der Waals surface area contributed by atoms with Crippen molar-refractivity contribution in [3.63, 3.8) is 0 Å². The summed E-state index contributed by atoms with van der Waals surface area (Å²) in [5, 5.41) is 40.9. The van der Waals surface area contributed by atoms with Gasteiger partial charge in [0, 0.05) is 11.1 Å². The summed E-state index contributed by atoms with van der Waals surface area (Å²) >= 11 is 0. The van der Waals surface area contributed by atoms with Crippen LogP contribution in [0.4, 0.5) is 0 Å². The van der Waals surface area contributed by atoms with E-state index in [2.05, 4.69) is 0 Å². The highest BCUT2D eigenvalue weighted by atomic mass is 16.5. The molecule has 0 fully saturated rings. The molecule has 10 heteroatoms. The summed E-state index contributed by atoms with van der Waals surface area (Å²) in [7, 11) is 0. The Balaban J connectivity index is 1.53. The molecule has 0 atom stereocenters. The van der Waals surface area contributed by atoms with Gasteiger partial charge in [-0.1, -0.05) is 48.5 Å². The average molecular weight is 567 g/mol. The minimum absolute atomic E-state index is 0.0479. The normalized spacial score (nSPS) is 10.9. The van der Waals surface area contributed by atoms with Crippen LogP contribution in [0.1, 0.15) is 52.6 Å². The molecular weight excluding hydrogens is 544 g/mol. The van der Waals surface area contributed by atoms with Crippen LogP contribution in [-0.2, 0) is 13.2 Å². The maximum atomic E-state index is 11.6. The molecule has 0 spiro atoms. The maximum absolute atomic E-state index is 11.6. The molecule has 210 valence electrons. The summed E-state index contributed by atoms with van der Waals surface area (Å²) in [6, 6.07) is 22.6.